The molecule has 0 spiro atoms. The molecule has 2 heterocycles. The fraction of sp³-hybridized carbons (Fsp3) is 0.533. The highest BCUT2D eigenvalue weighted by Gasteiger charge is 2.60. The van der Waals surface area contributed by atoms with Gasteiger partial charge in [0, 0.05) is 12.1 Å². The second-order valence-corrected chi connectivity index (χ2v) is 6.06. The Morgan fingerprint density at radius 1 is 1.38 bits per heavy atom. The number of likely N-dealkylation sites (N-methyl/N-ethyl adjacent to an activating group) is 1. The molecule has 0 saturated carbocycles. The third-order valence-corrected chi connectivity index (χ3v) is 4.92. The number of hydroxylamine groups is 3. The summed E-state index contributed by atoms with van der Waals surface area (Å²) in [5, 5.41) is 22.9. The first-order valence-electron chi connectivity index (χ1n) is 7.10. The second-order valence-electron chi connectivity index (χ2n) is 6.06. The molecule has 0 radical (unpaired) electrons. The number of β-lactam (4-membered cyclic amide) rings is 1. The smallest absolute Gasteiger partial charge is 0.233 e. The molecule has 1 amide bonds. The molecule has 1 N–H and O–H groups in total. The Balaban J connectivity index is 1.89. The van der Waals surface area contributed by atoms with Gasteiger partial charge in [0.2, 0.25) is 12.1 Å². The van der Waals surface area contributed by atoms with Crippen LogP contribution >= 0.6 is 0 Å². The van der Waals surface area contributed by atoms with Gasteiger partial charge in [-0.3, -0.25) is 9.69 Å². The fourth-order valence-corrected chi connectivity index (χ4v) is 3.33. The van der Waals surface area contributed by atoms with Crippen molar-refractivity contribution in [3.63, 3.8) is 0 Å². The summed E-state index contributed by atoms with van der Waals surface area (Å²) < 4.78 is 4.38. The second kappa shape index (κ2) is 4.69. The van der Waals surface area contributed by atoms with Gasteiger partial charge in [-0.05, 0) is 31.2 Å². The number of anilines is 1. The molecular formula is C15H20N2O4. The minimum atomic E-state index is -1.11. The van der Waals surface area contributed by atoms with E-state index in [-0.39, 0.29) is 17.9 Å². The van der Waals surface area contributed by atoms with E-state index in [4.69, 9.17) is 4.74 Å². The largest absolute Gasteiger partial charge is 0.631 e. The minimum Gasteiger partial charge on any atom is -0.631 e. The van der Waals surface area contributed by atoms with Crippen LogP contribution in [0.15, 0.2) is 24.3 Å². The van der Waals surface area contributed by atoms with Gasteiger partial charge in [-0.15, -0.1) is 0 Å². The van der Waals surface area contributed by atoms with Crippen molar-refractivity contribution in [1.82, 2.24) is 0 Å². The molecular weight excluding hydrogens is 272 g/mol. The van der Waals surface area contributed by atoms with Crippen LogP contribution in [-0.2, 0) is 4.79 Å². The minimum absolute atomic E-state index is 0.0178. The average molecular weight is 292 g/mol. The van der Waals surface area contributed by atoms with Gasteiger partial charge in [-0.25, -0.2) is 0 Å². The summed E-state index contributed by atoms with van der Waals surface area (Å²) in [7, 11) is 3.05. The number of benzene rings is 1. The van der Waals surface area contributed by atoms with Gasteiger partial charge in [0.1, 0.15) is 11.8 Å². The molecule has 2 saturated heterocycles. The Labute approximate surface area is 123 Å². The van der Waals surface area contributed by atoms with Crippen molar-refractivity contribution in [2.45, 2.75) is 31.7 Å². The van der Waals surface area contributed by atoms with E-state index in [0.717, 1.165) is 0 Å². The number of carbonyl (C=O) groups excluding carboxylic acids is 1. The summed E-state index contributed by atoms with van der Waals surface area (Å²) in [6.45, 7) is 1.79. The highest BCUT2D eigenvalue weighted by molar-refractivity contribution is 6.03. The highest BCUT2D eigenvalue weighted by Crippen LogP contribution is 2.44. The lowest BCUT2D eigenvalue weighted by molar-refractivity contribution is -0.939. The standard InChI is InChI=1S/C15H20N2O4/c1-9-8-12-13(15(19)17(9,2)20)16(14(12)18)10-4-6-11(21-3)7-5-10/h4-7,9,12-13,15,19H,8H2,1-3H3/t9-,12-,13-,15?,17-/m1/s1. The molecule has 1 unspecified atom stereocenters. The molecule has 0 bridgehead atoms. The monoisotopic (exact) mass is 292 g/mol. The lowest BCUT2D eigenvalue weighted by Gasteiger charge is -2.61. The first kappa shape index (κ1) is 14.3. The Morgan fingerprint density at radius 2 is 2.00 bits per heavy atom. The lowest BCUT2D eigenvalue weighted by atomic mass is 9.76. The number of aliphatic hydroxyl groups excluding tert-OH is 1. The highest BCUT2D eigenvalue weighted by atomic mass is 16.6. The predicted octanol–water partition coefficient (Wildman–Crippen LogP) is 1.08. The quantitative estimate of drug-likeness (QED) is 0.503. The predicted molar refractivity (Wildman–Crippen MR) is 77.4 cm³/mol. The molecule has 1 aromatic carbocycles. The number of carbonyl (C=O) groups is 1. The summed E-state index contributed by atoms with van der Waals surface area (Å²) in [5.74, 6) is 0.429. The summed E-state index contributed by atoms with van der Waals surface area (Å²) in [6.07, 6.45) is -0.591. The van der Waals surface area contributed by atoms with Crippen LogP contribution in [0.5, 0.6) is 5.75 Å². The molecule has 114 valence electrons. The van der Waals surface area contributed by atoms with Gasteiger partial charge in [0.25, 0.3) is 0 Å². The molecule has 2 fully saturated rings. The number of rotatable bonds is 2. The van der Waals surface area contributed by atoms with Gasteiger partial charge < -0.3 is 19.7 Å². The Bertz CT molecular complexity index is 557. The molecule has 6 nitrogen and oxygen atoms in total. The van der Waals surface area contributed by atoms with Crippen LogP contribution < -0.4 is 9.64 Å². The number of piperidine rings is 1. The van der Waals surface area contributed by atoms with Gasteiger partial charge >= 0.3 is 0 Å². The number of fused-ring (bicyclic) bond motifs is 1. The maximum atomic E-state index is 12.5. The van der Waals surface area contributed by atoms with Gasteiger partial charge in [-0.1, -0.05) is 0 Å². The van der Waals surface area contributed by atoms with E-state index in [1.165, 1.54) is 11.9 Å². The van der Waals surface area contributed by atoms with E-state index in [0.29, 0.717) is 17.9 Å². The summed E-state index contributed by atoms with van der Waals surface area (Å²) >= 11 is 0. The molecule has 0 aromatic heterocycles. The lowest BCUT2D eigenvalue weighted by Crippen LogP contribution is -2.77. The van der Waals surface area contributed by atoms with Crippen LogP contribution in [0.3, 0.4) is 0 Å². The van der Waals surface area contributed by atoms with Gasteiger partial charge in [-0.2, -0.15) is 0 Å². The molecule has 3 rings (SSSR count). The number of likely N-dealkylation sites (tertiary alicyclic amines) is 1. The number of nitrogens with zero attached hydrogens (tertiary/aromatic N) is 2. The van der Waals surface area contributed by atoms with Crippen LogP contribution in [0.25, 0.3) is 0 Å². The Hall–Kier alpha value is -1.63. The molecule has 1 aromatic rings. The number of ether oxygens (including phenoxy) is 1. The number of methoxy groups -OCH3 is 1. The first-order chi connectivity index (χ1) is 9.87. The average Bonchev–Trinajstić information content (AvgIpc) is 2.48. The van der Waals surface area contributed by atoms with Crippen molar-refractivity contribution in [3.05, 3.63) is 29.5 Å². The van der Waals surface area contributed by atoms with Crippen LogP contribution in [0.2, 0.25) is 0 Å². The molecule has 2 aliphatic rings. The summed E-state index contributed by atoms with van der Waals surface area (Å²) in [6, 6.07) is 6.35. The van der Waals surface area contributed by atoms with Crippen molar-refractivity contribution in [1.29, 1.82) is 0 Å². The topological polar surface area (TPSA) is 72.8 Å². The number of hydrogen-bond acceptors (Lipinski definition) is 4. The summed E-state index contributed by atoms with van der Waals surface area (Å²) in [4.78, 5) is 13.9. The number of amides is 1. The van der Waals surface area contributed by atoms with E-state index >= 15 is 0 Å². The number of quaternary nitrogens is 1. The van der Waals surface area contributed by atoms with E-state index < -0.39 is 16.9 Å². The van der Waals surface area contributed by atoms with E-state index in [9.17, 15) is 15.1 Å². The van der Waals surface area contributed by atoms with Gasteiger partial charge in [0.05, 0.1) is 26.1 Å². The molecule has 2 aliphatic heterocycles. The first-order valence-corrected chi connectivity index (χ1v) is 7.10. The zero-order valence-electron chi connectivity index (χ0n) is 12.4. The van der Waals surface area contributed by atoms with Crippen molar-refractivity contribution in [2.24, 2.45) is 5.92 Å². The molecule has 21 heavy (non-hydrogen) atoms. The van der Waals surface area contributed by atoms with Crippen molar-refractivity contribution in [3.8, 4) is 5.75 Å². The number of aliphatic hydroxyl groups is 1. The van der Waals surface area contributed by atoms with Crippen LogP contribution in [0.4, 0.5) is 5.69 Å². The van der Waals surface area contributed by atoms with E-state index in [1.54, 1.807) is 38.3 Å². The number of hydrogen-bond donors (Lipinski definition) is 1. The SMILES string of the molecule is COc1ccc(N2C(=O)[C@@H]3C[C@@H](C)[N@@+](C)([O-])C(O)[C@@H]32)cc1. The molecule has 0 aliphatic carbocycles. The Morgan fingerprint density at radius 3 is 2.57 bits per heavy atom. The maximum absolute atomic E-state index is 12.5. The zero-order valence-corrected chi connectivity index (χ0v) is 12.4. The third-order valence-electron chi connectivity index (χ3n) is 4.92. The Kier molecular flexibility index (Phi) is 3.20. The zero-order chi connectivity index (χ0) is 15.4. The van der Waals surface area contributed by atoms with Crippen LogP contribution in [-0.4, -0.2) is 48.1 Å². The molecule has 6 heteroatoms. The van der Waals surface area contributed by atoms with Crippen molar-refractivity contribution < 1.29 is 19.3 Å². The fourth-order valence-electron chi connectivity index (χ4n) is 3.33. The van der Waals surface area contributed by atoms with Crippen molar-refractivity contribution >= 4 is 11.6 Å². The van der Waals surface area contributed by atoms with E-state index in [1.807, 2.05) is 0 Å². The van der Waals surface area contributed by atoms with Crippen LogP contribution in [0.1, 0.15) is 13.3 Å². The van der Waals surface area contributed by atoms with E-state index in [2.05, 4.69) is 0 Å². The summed E-state index contributed by atoms with van der Waals surface area (Å²) in [5.41, 5.74) is 0.690. The normalized spacial score (nSPS) is 38.7. The van der Waals surface area contributed by atoms with Gasteiger partial charge in [0.15, 0.2) is 0 Å². The van der Waals surface area contributed by atoms with Crippen molar-refractivity contribution in [2.75, 3.05) is 19.1 Å². The van der Waals surface area contributed by atoms with Crippen LogP contribution in [0, 0.1) is 11.1 Å². The third kappa shape index (κ3) is 1.94. The maximum Gasteiger partial charge on any atom is 0.233 e. The molecule has 5 atom stereocenters.